The fourth-order valence-corrected chi connectivity index (χ4v) is 2.46. The maximum Gasteiger partial charge on any atom is 0.307 e. The van der Waals surface area contributed by atoms with Crippen molar-refractivity contribution in [3.8, 4) is 0 Å². The molecule has 2 N–H and O–H groups in total. The SMILES string of the molecule is CCCC([n+]1cc[nH]c1C)S(=O)(=O)O.[Cl-]. The van der Waals surface area contributed by atoms with Gasteiger partial charge < -0.3 is 12.4 Å². The summed E-state index contributed by atoms with van der Waals surface area (Å²) in [6.45, 7) is 3.63. The summed E-state index contributed by atoms with van der Waals surface area (Å²) in [5.74, 6) is 0.709. The van der Waals surface area contributed by atoms with Crippen LogP contribution in [-0.2, 0) is 10.1 Å². The highest BCUT2D eigenvalue weighted by Crippen LogP contribution is 2.13. The van der Waals surface area contributed by atoms with E-state index in [9.17, 15) is 8.42 Å². The number of aromatic amines is 1. The van der Waals surface area contributed by atoms with Gasteiger partial charge in [0.25, 0.3) is 5.82 Å². The van der Waals surface area contributed by atoms with Gasteiger partial charge in [0.05, 0.1) is 0 Å². The highest BCUT2D eigenvalue weighted by atomic mass is 35.5. The van der Waals surface area contributed by atoms with Crippen molar-refractivity contribution < 1.29 is 29.9 Å². The van der Waals surface area contributed by atoms with Gasteiger partial charge in [-0.2, -0.15) is 8.42 Å². The first-order chi connectivity index (χ1) is 6.46. The van der Waals surface area contributed by atoms with Gasteiger partial charge in [0, 0.05) is 13.3 Å². The summed E-state index contributed by atoms with van der Waals surface area (Å²) in [6, 6.07) is 0. The molecular formula is C8H15ClN2O3S. The van der Waals surface area contributed by atoms with E-state index in [1.807, 2.05) is 6.92 Å². The van der Waals surface area contributed by atoms with E-state index in [4.69, 9.17) is 4.55 Å². The van der Waals surface area contributed by atoms with E-state index in [0.29, 0.717) is 18.7 Å². The van der Waals surface area contributed by atoms with Crippen LogP contribution in [0.25, 0.3) is 0 Å². The second-order valence-electron chi connectivity index (χ2n) is 3.21. The van der Waals surface area contributed by atoms with Crippen LogP contribution >= 0.6 is 0 Å². The number of aryl methyl sites for hydroxylation is 1. The molecule has 1 unspecified atom stereocenters. The normalized spacial score (nSPS) is 13.3. The second-order valence-corrected chi connectivity index (χ2v) is 4.79. The van der Waals surface area contributed by atoms with Crippen LogP contribution in [0.1, 0.15) is 31.0 Å². The predicted octanol–water partition coefficient (Wildman–Crippen LogP) is -2.20. The lowest BCUT2D eigenvalue weighted by atomic mass is 10.3. The molecule has 0 aliphatic rings. The van der Waals surface area contributed by atoms with Gasteiger partial charge in [0.15, 0.2) is 0 Å². The number of hydrogen-bond acceptors (Lipinski definition) is 2. The zero-order valence-electron chi connectivity index (χ0n) is 8.64. The zero-order chi connectivity index (χ0) is 10.8. The van der Waals surface area contributed by atoms with Gasteiger partial charge in [-0.15, -0.1) is 0 Å². The van der Waals surface area contributed by atoms with Crippen LogP contribution in [0.4, 0.5) is 0 Å². The number of hydrogen-bond donors (Lipinski definition) is 2. The molecule has 0 amide bonds. The molecule has 0 aromatic carbocycles. The number of H-pyrrole nitrogens is 1. The Hall–Kier alpha value is -0.590. The summed E-state index contributed by atoms with van der Waals surface area (Å²) in [5.41, 5.74) is 0. The maximum absolute atomic E-state index is 11.1. The highest BCUT2D eigenvalue weighted by molar-refractivity contribution is 7.85. The van der Waals surface area contributed by atoms with E-state index >= 15 is 0 Å². The van der Waals surface area contributed by atoms with E-state index < -0.39 is 15.5 Å². The summed E-state index contributed by atoms with van der Waals surface area (Å²) >= 11 is 0. The van der Waals surface area contributed by atoms with Gasteiger partial charge in [-0.1, -0.05) is 13.3 Å². The summed E-state index contributed by atoms with van der Waals surface area (Å²) in [6.07, 6.45) is 4.36. The van der Waals surface area contributed by atoms with Crippen molar-refractivity contribution in [1.29, 1.82) is 0 Å². The first kappa shape index (κ1) is 14.4. The molecule has 5 nitrogen and oxygen atoms in total. The third-order valence-electron chi connectivity index (χ3n) is 2.10. The molecule has 88 valence electrons. The monoisotopic (exact) mass is 254 g/mol. The van der Waals surface area contributed by atoms with E-state index in [0.717, 1.165) is 0 Å². The van der Waals surface area contributed by atoms with Crippen LogP contribution in [0, 0.1) is 6.92 Å². The molecular weight excluding hydrogens is 240 g/mol. The summed E-state index contributed by atoms with van der Waals surface area (Å²) in [7, 11) is -4.03. The Kier molecular flexibility index (Phi) is 5.27. The Morgan fingerprint density at radius 2 is 2.20 bits per heavy atom. The fourth-order valence-electron chi connectivity index (χ4n) is 1.41. The Morgan fingerprint density at radius 3 is 2.53 bits per heavy atom. The number of imidazole rings is 1. The number of halogens is 1. The second kappa shape index (κ2) is 5.48. The number of nitrogens with one attached hydrogen (secondary N) is 1. The van der Waals surface area contributed by atoms with Crippen LogP contribution in [0.3, 0.4) is 0 Å². The molecule has 0 aliphatic heterocycles. The molecule has 1 aromatic rings. The average molecular weight is 255 g/mol. The number of nitrogens with zero attached hydrogens (tertiary/aromatic N) is 1. The van der Waals surface area contributed by atoms with Crippen LogP contribution in [0.2, 0.25) is 0 Å². The van der Waals surface area contributed by atoms with Gasteiger partial charge in [0.1, 0.15) is 12.4 Å². The molecule has 15 heavy (non-hydrogen) atoms. The average Bonchev–Trinajstić information content (AvgIpc) is 2.45. The minimum atomic E-state index is -4.03. The minimum absolute atomic E-state index is 0. The van der Waals surface area contributed by atoms with E-state index in [1.165, 1.54) is 4.57 Å². The Balaban J connectivity index is 0.00000196. The van der Waals surface area contributed by atoms with Crippen LogP contribution in [0.5, 0.6) is 0 Å². The lowest BCUT2D eigenvalue weighted by molar-refractivity contribution is -0.707. The van der Waals surface area contributed by atoms with Crippen molar-refractivity contribution in [2.24, 2.45) is 0 Å². The maximum atomic E-state index is 11.1. The number of rotatable bonds is 4. The fraction of sp³-hybridized carbons (Fsp3) is 0.625. The third kappa shape index (κ3) is 3.48. The van der Waals surface area contributed by atoms with Crippen LogP contribution < -0.4 is 17.0 Å². The van der Waals surface area contributed by atoms with E-state index in [2.05, 4.69) is 4.98 Å². The highest BCUT2D eigenvalue weighted by Gasteiger charge is 2.29. The van der Waals surface area contributed by atoms with E-state index in [1.54, 1.807) is 19.3 Å². The van der Waals surface area contributed by atoms with Crippen molar-refractivity contribution in [2.75, 3.05) is 0 Å². The first-order valence-corrected chi connectivity index (χ1v) is 5.98. The molecule has 1 atom stereocenters. The van der Waals surface area contributed by atoms with Crippen molar-refractivity contribution in [3.63, 3.8) is 0 Å². The largest absolute Gasteiger partial charge is 1.00 e. The Labute approximate surface area is 95.7 Å². The van der Waals surface area contributed by atoms with Gasteiger partial charge in [-0.05, 0) is 0 Å². The third-order valence-corrected chi connectivity index (χ3v) is 3.25. The van der Waals surface area contributed by atoms with Gasteiger partial charge >= 0.3 is 10.1 Å². The molecule has 0 radical (unpaired) electrons. The molecule has 1 heterocycles. The Bertz CT molecular complexity index is 402. The summed E-state index contributed by atoms with van der Waals surface area (Å²) in [4.78, 5) is 2.87. The van der Waals surface area contributed by atoms with Gasteiger partial charge in [0.2, 0.25) is 5.37 Å². The lowest BCUT2D eigenvalue weighted by Gasteiger charge is -2.09. The standard InChI is InChI=1S/C8H14N2O3S.ClH/c1-3-4-8(14(11,12)13)10-6-5-9-7(10)2;/h5-6,8H,3-4H2,1-2H3,(H,11,12,13);1H. The lowest BCUT2D eigenvalue weighted by Crippen LogP contribution is -3.00. The molecule has 0 fully saturated rings. The van der Waals surface area contributed by atoms with Gasteiger partial charge in [-0.25, -0.2) is 9.55 Å². The molecule has 0 bridgehead atoms. The topological polar surface area (TPSA) is 74.0 Å². The predicted molar refractivity (Wildman–Crippen MR) is 51.2 cm³/mol. The molecule has 0 saturated heterocycles. The zero-order valence-corrected chi connectivity index (χ0v) is 10.2. The van der Waals surface area contributed by atoms with Crippen LogP contribution in [0.15, 0.2) is 12.4 Å². The summed E-state index contributed by atoms with van der Waals surface area (Å²) in [5, 5.41) is -0.876. The smallest absolute Gasteiger partial charge is 0.307 e. The Morgan fingerprint density at radius 1 is 1.60 bits per heavy atom. The van der Waals surface area contributed by atoms with Crippen molar-refractivity contribution in [3.05, 3.63) is 18.2 Å². The first-order valence-electron chi connectivity index (χ1n) is 4.48. The molecule has 0 aliphatic carbocycles. The summed E-state index contributed by atoms with van der Waals surface area (Å²) < 4.78 is 32.8. The minimum Gasteiger partial charge on any atom is -1.00 e. The van der Waals surface area contributed by atoms with Crippen LogP contribution in [-0.4, -0.2) is 18.0 Å². The van der Waals surface area contributed by atoms with E-state index in [-0.39, 0.29) is 12.4 Å². The number of aromatic nitrogens is 2. The van der Waals surface area contributed by atoms with Crippen molar-refractivity contribution in [2.45, 2.75) is 32.1 Å². The molecule has 0 spiro atoms. The molecule has 0 saturated carbocycles. The van der Waals surface area contributed by atoms with Crippen molar-refractivity contribution in [1.82, 2.24) is 4.98 Å². The van der Waals surface area contributed by atoms with Gasteiger partial charge in [-0.3, -0.25) is 4.55 Å². The molecule has 1 aromatic heterocycles. The molecule has 7 heteroatoms. The molecule has 1 rings (SSSR count). The quantitative estimate of drug-likeness (QED) is 0.473. The van der Waals surface area contributed by atoms with Crippen molar-refractivity contribution >= 4 is 10.1 Å².